The summed E-state index contributed by atoms with van der Waals surface area (Å²) >= 11 is 0. The van der Waals surface area contributed by atoms with Gasteiger partial charge in [0.15, 0.2) is 5.76 Å². The second-order valence-corrected chi connectivity index (χ2v) is 5.31. The molecule has 1 aliphatic rings. The molecule has 5 nitrogen and oxygen atoms in total. The lowest BCUT2D eigenvalue weighted by Crippen LogP contribution is -2.15. The molecular formula is C16H20N2O3. The Morgan fingerprint density at radius 3 is 3.00 bits per heavy atom. The highest BCUT2D eigenvalue weighted by molar-refractivity contribution is 5.28. The minimum absolute atomic E-state index is 0.382. The van der Waals surface area contributed by atoms with Crippen LogP contribution in [0.1, 0.15) is 29.9 Å². The molecule has 21 heavy (non-hydrogen) atoms. The monoisotopic (exact) mass is 288 g/mol. The maximum absolute atomic E-state index is 5.72. The largest absolute Gasteiger partial charge is 0.486 e. The van der Waals surface area contributed by atoms with Gasteiger partial charge in [0.2, 0.25) is 0 Å². The minimum atomic E-state index is 0.382. The SMILES string of the molecule is COCc1cccc(OCc2cc(CNC3CC3)no2)c1. The summed E-state index contributed by atoms with van der Waals surface area (Å²) in [6.45, 7) is 1.72. The summed E-state index contributed by atoms with van der Waals surface area (Å²) in [5.74, 6) is 1.54. The van der Waals surface area contributed by atoms with Crippen molar-refractivity contribution in [3.8, 4) is 5.75 Å². The lowest BCUT2D eigenvalue weighted by Gasteiger charge is -2.05. The molecule has 1 heterocycles. The molecule has 0 unspecified atom stereocenters. The predicted octanol–water partition coefficient (Wildman–Crippen LogP) is 2.65. The van der Waals surface area contributed by atoms with E-state index in [-0.39, 0.29) is 0 Å². The van der Waals surface area contributed by atoms with Gasteiger partial charge >= 0.3 is 0 Å². The molecule has 0 radical (unpaired) electrons. The van der Waals surface area contributed by atoms with Gasteiger partial charge < -0.3 is 19.3 Å². The van der Waals surface area contributed by atoms with Crippen LogP contribution in [0.3, 0.4) is 0 Å². The summed E-state index contributed by atoms with van der Waals surface area (Å²) < 4.78 is 16.1. The van der Waals surface area contributed by atoms with Crippen molar-refractivity contribution in [3.05, 3.63) is 47.3 Å². The fourth-order valence-corrected chi connectivity index (χ4v) is 2.09. The van der Waals surface area contributed by atoms with E-state index in [1.807, 2.05) is 30.3 Å². The van der Waals surface area contributed by atoms with Crippen LogP contribution in [0, 0.1) is 0 Å². The van der Waals surface area contributed by atoms with Gasteiger partial charge in [-0.1, -0.05) is 17.3 Å². The van der Waals surface area contributed by atoms with Gasteiger partial charge in [0.25, 0.3) is 0 Å². The molecule has 0 saturated heterocycles. The third kappa shape index (κ3) is 4.31. The van der Waals surface area contributed by atoms with Crippen molar-refractivity contribution in [1.29, 1.82) is 0 Å². The van der Waals surface area contributed by atoms with Crippen LogP contribution in [0.25, 0.3) is 0 Å². The lowest BCUT2D eigenvalue weighted by molar-refractivity contribution is 0.184. The lowest BCUT2D eigenvalue weighted by atomic mass is 10.2. The average molecular weight is 288 g/mol. The molecule has 0 amide bonds. The topological polar surface area (TPSA) is 56.5 Å². The highest BCUT2D eigenvalue weighted by Crippen LogP contribution is 2.19. The molecule has 1 saturated carbocycles. The number of hydrogen-bond donors (Lipinski definition) is 1. The number of nitrogens with one attached hydrogen (secondary N) is 1. The normalized spacial score (nSPS) is 14.3. The Kier molecular flexibility index (Phi) is 4.52. The zero-order chi connectivity index (χ0) is 14.5. The van der Waals surface area contributed by atoms with Gasteiger partial charge in [-0.2, -0.15) is 0 Å². The molecule has 1 fully saturated rings. The Bertz CT molecular complexity index is 578. The molecule has 1 N–H and O–H groups in total. The number of hydrogen-bond acceptors (Lipinski definition) is 5. The van der Waals surface area contributed by atoms with Crippen molar-refractivity contribution < 1.29 is 14.0 Å². The van der Waals surface area contributed by atoms with E-state index in [9.17, 15) is 0 Å². The first-order chi connectivity index (χ1) is 10.3. The maximum Gasteiger partial charge on any atom is 0.174 e. The van der Waals surface area contributed by atoms with Gasteiger partial charge in [-0.05, 0) is 30.5 Å². The Balaban J connectivity index is 1.50. The van der Waals surface area contributed by atoms with Crippen molar-refractivity contribution in [2.24, 2.45) is 0 Å². The molecule has 5 heteroatoms. The van der Waals surface area contributed by atoms with Gasteiger partial charge in [0, 0.05) is 25.8 Å². The van der Waals surface area contributed by atoms with Crippen molar-refractivity contribution in [3.63, 3.8) is 0 Å². The summed E-state index contributed by atoms with van der Waals surface area (Å²) in [6, 6.07) is 10.5. The summed E-state index contributed by atoms with van der Waals surface area (Å²) in [4.78, 5) is 0. The van der Waals surface area contributed by atoms with E-state index in [4.69, 9.17) is 14.0 Å². The van der Waals surface area contributed by atoms with Gasteiger partial charge in [-0.3, -0.25) is 0 Å². The zero-order valence-electron chi connectivity index (χ0n) is 12.2. The summed E-state index contributed by atoms with van der Waals surface area (Å²) in [6.07, 6.45) is 2.54. The van der Waals surface area contributed by atoms with Gasteiger partial charge in [-0.25, -0.2) is 0 Å². The smallest absolute Gasteiger partial charge is 0.174 e. The number of benzene rings is 1. The molecule has 112 valence electrons. The molecule has 2 aromatic rings. The van der Waals surface area contributed by atoms with Gasteiger partial charge in [-0.15, -0.1) is 0 Å². The summed E-state index contributed by atoms with van der Waals surface area (Å²) in [5, 5.41) is 7.44. The summed E-state index contributed by atoms with van der Waals surface area (Å²) in [5.41, 5.74) is 2.01. The van der Waals surface area contributed by atoms with Crippen LogP contribution in [0.5, 0.6) is 5.75 Å². The molecule has 0 spiro atoms. The number of rotatable bonds is 8. The first-order valence-corrected chi connectivity index (χ1v) is 7.22. The van der Waals surface area contributed by atoms with Crippen LogP contribution in [0.4, 0.5) is 0 Å². The highest BCUT2D eigenvalue weighted by atomic mass is 16.5. The van der Waals surface area contributed by atoms with Crippen molar-refractivity contribution in [2.75, 3.05) is 7.11 Å². The van der Waals surface area contributed by atoms with E-state index in [0.717, 1.165) is 29.3 Å². The Labute approximate surface area is 124 Å². The van der Waals surface area contributed by atoms with Crippen LogP contribution in [0.15, 0.2) is 34.9 Å². The van der Waals surface area contributed by atoms with Crippen molar-refractivity contribution in [2.45, 2.75) is 38.6 Å². The first kappa shape index (κ1) is 14.1. The second kappa shape index (κ2) is 6.74. The number of aromatic nitrogens is 1. The van der Waals surface area contributed by atoms with Crippen LogP contribution in [-0.4, -0.2) is 18.3 Å². The molecular weight excluding hydrogens is 268 g/mol. The van der Waals surface area contributed by atoms with E-state index in [1.165, 1.54) is 12.8 Å². The number of methoxy groups -OCH3 is 1. The average Bonchev–Trinajstić information content (AvgIpc) is 3.22. The second-order valence-electron chi connectivity index (χ2n) is 5.31. The van der Waals surface area contributed by atoms with Crippen LogP contribution in [0.2, 0.25) is 0 Å². The third-order valence-electron chi connectivity index (χ3n) is 3.35. The Morgan fingerprint density at radius 1 is 1.29 bits per heavy atom. The molecule has 0 aliphatic heterocycles. The minimum Gasteiger partial charge on any atom is -0.486 e. The fraction of sp³-hybridized carbons (Fsp3) is 0.438. The van der Waals surface area contributed by atoms with Gasteiger partial charge in [0.05, 0.1) is 12.3 Å². The molecule has 0 bridgehead atoms. The van der Waals surface area contributed by atoms with Crippen molar-refractivity contribution >= 4 is 0 Å². The maximum atomic E-state index is 5.72. The van der Waals surface area contributed by atoms with Crippen LogP contribution >= 0.6 is 0 Å². The Morgan fingerprint density at radius 2 is 2.19 bits per heavy atom. The first-order valence-electron chi connectivity index (χ1n) is 7.22. The third-order valence-corrected chi connectivity index (χ3v) is 3.35. The molecule has 3 rings (SSSR count). The van der Waals surface area contributed by atoms with Gasteiger partial charge in [0.1, 0.15) is 12.4 Å². The Hall–Kier alpha value is -1.85. The van der Waals surface area contributed by atoms with Crippen molar-refractivity contribution in [1.82, 2.24) is 10.5 Å². The predicted molar refractivity (Wildman–Crippen MR) is 77.9 cm³/mol. The number of ether oxygens (including phenoxy) is 2. The molecule has 1 aromatic carbocycles. The summed E-state index contributed by atoms with van der Waals surface area (Å²) in [7, 11) is 1.68. The molecule has 0 atom stereocenters. The van der Waals surface area contributed by atoms with Crippen LogP contribution < -0.4 is 10.1 Å². The van der Waals surface area contributed by atoms with E-state index in [1.54, 1.807) is 7.11 Å². The molecule has 1 aromatic heterocycles. The highest BCUT2D eigenvalue weighted by Gasteiger charge is 2.20. The van der Waals surface area contributed by atoms with E-state index >= 15 is 0 Å². The number of nitrogens with zero attached hydrogens (tertiary/aromatic N) is 1. The molecule has 1 aliphatic carbocycles. The van der Waals surface area contributed by atoms with E-state index in [0.29, 0.717) is 19.3 Å². The zero-order valence-corrected chi connectivity index (χ0v) is 12.2. The van der Waals surface area contributed by atoms with Crippen LogP contribution in [-0.2, 0) is 24.5 Å². The van der Waals surface area contributed by atoms with E-state index < -0.39 is 0 Å². The fourth-order valence-electron chi connectivity index (χ4n) is 2.09. The quantitative estimate of drug-likeness (QED) is 0.809. The van der Waals surface area contributed by atoms with E-state index in [2.05, 4.69) is 10.5 Å². The standard InChI is InChI=1S/C16H20N2O3/c1-19-10-12-3-2-4-15(7-12)20-11-16-8-14(18-21-16)9-17-13-5-6-13/h2-4,7-8,13,17H,5-6,9-11H2,1H3.